The van der Waals surface area contributed by atoms with Gasteiger partial charge in [-0.15, -0.1) is 24.0 Å². The lowest BCUT2D eigenvalue weighted by atomic mass is 9.57. The highest BCUT2D eigenvalue weighted by Crippen LogP contribution is 2.52. The van der Waals surface area contributed by atoms with Gasteiger partial charge in [0, 0.05) is 30.5 Å². The number of benzene rings is 1. The topological polar surface area (TPSA) is 54.9 Å². The number of rotatable bonds is 7. The van der Waals surface area contributed by atoms with Crippen molar-refractivity contribution in [3.8, 4) is 5.75 Å². The summed E-state index contributed by atoms with van der Waals surface area (Å²) in [4.78, 5) is 4.62. The van der Waals surface area contributed by atoms with Gasteiger partial charge < -0.3 is 20.1 Å². The fourth-order valence-corrected chi connectivity index (χ4v) is 4.74. The Labute approximate surface area is 196 Å². The number of hydrogen-bond acceptors (Lipinski definition) is 3. The van der Waals surface area contributed by atoms with Gasteiger partial charge in [0.2, 0.25) is 0 Å². The van der Waals surface area contributed by atoms with Crippen LogP contribution in [0.15, 0.2) is 23.2 Å². The van der Waals surface area contributed by atoms with Gasteiger partial charge in [0.1, 0.15) is 0 Å². The molecular formula is C23H35FIN3O2. The third-order valence-corrected chi connectivity index (χ3v) is 6.69. The Bertz CT molecular complexity index is 769. The predicted octanol–water partition coefficient (Wildman–Crippen LogP) is 4.66. The van der Waals surface area contributed by atoms with Crippen molar-refractivity contribution < 1.29 is 13.9 Å². The van der Waals surface area contributed by atoms with Crippen molar-refractivity contribution in [2.75, 3.05) is 19.8 Å². The molecule has 2 N–H and O–H groups in total. The van der Waals surface area contributed by atoms with E-state index in [9.17, 15) is 4.39 Å². The lowest BCUT2D eigenvalue weighted by Gasteiger charge is -2.55. The minimum absolute atomic E-state index is 0. The molecule has 4 atom stereocenters. The number of nitrogens with one attached hydrogen (secondary N) is 2. The Morgan fingerprint density at radius 2 is 2.10 bits per heavy atom. The van der Waals surface area contributed by atoms with Crippen LogP contribution in [-0.4, -0.2) is 37.9 Å². The van der Waals surface area contributed by atoms with Crippen LogP contribution in [0.2, 0.25) is 0 Å². The molecule has 1 aromatic carbocycles. The summed E-state index contributed by atoms with van der Waals surface area (Å²) in [5.41, 5.74) is 0.953. The fraction of sp³-hybridized carbons (Fsp3) is 0.696. The third kappa shape index (κ3) is 4.87. The van der Waals surface area contributed by atoms with Crippen molar-refractivity contribution in [2.45, 2.75) is 65.1 Å². The molecule has 1 aromatic rings. The highest BCUT2D eigenvalue weighted by atomic mass is 127. The van der Waals surface area contributed by atoms with Crippen molar-refractivity contribution in [2.24, 2.45) is 22.2 Å². The Morgan fingerprint density at radius 3 is 2.77 bits per heavy atom. The molecule has 2 aliphatic carbocycles. The molecular weight excluding hydrogens is 496 g/mol. The van der Waals surface area contributed by atoms with Gasteiger partial charge in [-0.25, -0.2) is 4.39 Å². The van der Waals surface area contributed by atoms with Crippen molar-refractivity contribution >= 4 is 29.9 Å². The molecule has 168 valence electrons. The summed E-state index contributed by atoms with van der Waals surface area (Å²) in [6, 6.07) is 5.50. The van der Waals surface area contributed by atoms with E-state index < -0.39 is 0 Å². The summed E-state index contributed by atoms with van der Waals surface area (Å²) in [7, 11) is 0. The molecule has 0 aromatic heterocycles. The average molecular weight is 531 g/mol. The zero-order chi connectivity index (χ0) is 20.6. The average Bonchev–Trinajstić information content (AvgIpc) is 3.40. The van der Waals surface area contributed by atoms with Crippen LogP contribution >= 0.6 is 24.0 Å². The monoisotopic (exact) mass is 531 g/mol. The smallest absolute Gasteiger partial charge is 0.191 e. The molecule has 2 saturated carbocycles. The van der Waals surface area contributed by atoms with E-state index in [1.165, 1.54) is 12.8 Å². The quantitative estimate of drug-likeness (QED) is 0.305. The number of guanidine groups is 1. The molecule has 1 aliphatic heterocycles. The van der Waals surface area contributed by atoms with Crippen LogP contribution in [0.25, 0.3) is 0 Å². The summed E-state index contributed by atoms with van der Waals surface area (Å²) < 4.78 is 26.0. The first-order valence-corrected chi connectivity index (χ1v) is 11.0. The Hall–Kier alpha value is -1.09. The van der Waals surface area contributed by atoms with E-state index in [1.807, 2.05) is 19.9 Å². The van der Waals surface area contributed by atoms with E-state index in [0.717, 1.165) is 24.6 Å². The van der Waals surface area contributed by atoms with E-state index in [1.54, 1.807) is 12.1 Å². The second-order valence-electron chi connectivity index (χ2n) is 9.32. The number of aliphatic imine (C=N–C) groups is 1. The van der Waals surface area contributed by atoms with Crippen molar-refractivity contribution in [3.63, 3.8) is 0 Å². The van der Waals surface area contributed by atoms with Crippen molar-refractivity contribution in [1.82, 2.24) is 10.6 Å². The van der Waals surface area contributed by atoms with Crippen LogP contribution in [0.4, 0.5) is 4.39 Å². The van der Waals surface area contributed by atoms with Crippen molar-refractivity contribution in [3.05, 3.63) is 29.6 Å². The number of halogens is 2. The lowest BCUT2D eigenvalue weighted by Crippen LogP contribution is -2.68. The third-order valence-electron chi connectivity index (χ3n) is 6.69. The van der Waals surface area contributed by atoms with E-state index in [0.29, 0.717) is 42.9 Å². The molecule has 1 saturated heterocycles. The van der Waals surface area contributed by atoms with Gasteiger partial charge in [-0.05, 0) is 56.7 Å². The molecule has 4 unspecified atom stereocenters. The van der Waals surface area contributed by atoms with E-state index in [-0.39, 0.29) is 41.3 Å². The molecule has 5 nitrogen and oxygen atoms in total. The molecule has 30 heavy (non-hydrogen) atoms. The molecule has 0 bridgehead atoms. The maximum Gasteiger partial charge on any atom is 0.191 e. The standard InChI is InChI=1S/C23H34FN3O2.HI/c1-5-25-22(27-20-17-10-11-28-21(17)23(20,3)4)26-14(2)16-8-9-19(18(24)12-16)29-13-15-6-7-15;/h8-9,12,14-15,17,20-21H,5-7,10-11,13H2,1-4H3,(H2,25,26,27);1H. The normalized spacial score (nSPS) is 28.0. The lowest BCUT2D eigenvalue weighted by molar-refractivity contribution is -0.106. The first-order chi connectivity index (χ1) is 13.9. The van der Waals surface area contributed by atoms with Gasteiger partial charge in [0.25, 0.3) is 0 Å². The fourth-order valence-electron chi connectivity index (χ4n) is 4.74. The zero-order valence-electron chi connectivity index (χ0n) is 18.4. The van der Waals surface area contributed by atoms with Crippen LogP contribution in [-0.2, 0) is 4.74 Å². The second kappa shape index (κ2) is 9.59. The van der Waals surface area contributed by atoms with Crippen LogP contribution in [0.3, 0.4) is 0 Å². The van der Waals surface area contributed by atoms with Gasteiger partial charge >= 0.3 is 0 Å². The highest BCUT2D eigenvalue weighted by molar-refractivity contribution is 14.0. The van der Waals surface area contributed by atoms with Gasteiger partial charge in [-0.3, -0.25) is 4.99 Å². The summed E-state index contributed by atoms with van der Waals surface area (Å²) in [6.07, 6.45) is 3.81. The Kier molecular flexibility index (Phi) is 7.53. The number of hydrogen-bond donors (Lipinski definition) is 2. The molecule has 0 spiro atoms. The van der Waals surface area contributed by atoms with Crippen LogP contribution in [0, 0.1) is 23.1 Å². The van der Waals surface area contributed by atoms with Crippen LogP contribution in [0.5, 0.6) is 5.75 Å². The molecule has 7 heteroatoms. The van der Waals surface area contributed by atoms with Gasteiger partial charge in [0.05, 0.1) is 18.8 Å². The SMILES string of the molecule is CCN=C(NC(C)c1ccc(OCC2CC2)c(F)c1)NC1C2CCOC2C1(C)C.I. The molecule has 4 rings (SSSR count). The number of nitrogens with zero attached hydrogens (tertiary/aromatic N) is 1. The van der Waals surface area contributed by atoms with Crippen molar-refractivity contribution in [1.29, 1.82) is 0 Å². The number of fused-ring (bicyclic) bond motifs is 1. The zero-order valence-corrected chi connectivity index (χ0v) is 20.7. The van der Waals surface area contributed by atoms with Crippen LogP contribution in [0.1, 0.15) is 58.6 Å². The number of ether oxygens (including phenoxy) is 2. The summed E-state index contributed by atoms with van der Waals surface area (Å²) in [6.45, 7) is 10.7. The minimum Gasteiger partial charge on any atom is -0.490 e. The maximum absolute atomic E-state index is 14.5. The minimum atomic E-state index is -0.301. The first kappa shape index (κ1) is 23.6. The summed E-state index contributed by atoms with van der Waals surface area (Å²) >= 11 is 0. The van der Waals surface area contributed by atoms with Gasteiger partial charge in [-0.2, -0.15) is 0 Å². The molecule has 3 aliphatic rings. The molecule has 0 amide bonds. The van der Waals surface area contributed by atoms with E-state index in [4.69, 9.17) is 9.47 Å². The molecule has 0 radical (unpaired) electrons. The van der Waals surface area contributed by atoms with Crippen LogP contribution < -0.4 is 15.4 Å². The Balaban J connectivity index is 0.00000256. The molecule has 1 heterocycles. The molecule has 3 fully saturated rings. The van der Waals surface area contributed by atoms with Gasteiger partial charge in [0.15, 0.2) is 17.5 Å². The first-order valence-electron chi connectivity index (χ1n) is 11.0. The largest absolute Gasteiger partial charge is 0.490 e. The summed E-state index contributed by atoms with van der Waals surface area (Å²) in [5.74, 6) is 1.96. The second-order valence-corrected chi connectivity index (χ2v) is 9.32. The van der Waals surface area contributed by atoms with Gasteiger partial charge in [-0.1, -0.05) is 19.9 Å². The highest BCUT2D eigenvalue weighted by Gasteiger charge is 2.59. The summed E-state index contributed by atoms with van der Waals surface area (Å²) in [5, 5.41) is 7.07. The van der Waals surface area contributed by atoms with E-state index >= 15 is 0 Å². The van der Waals surface area contributed by atoms with E-state index in [2.05, 4.69) is 29.5 Å². The Morgan fingerprint density at radius 1 is 1.33 bits per heavy atom. The maximum atomic E-state index is 14.5. The predicted molar refractivity (Wildman–Crippen MR) is 128 cm³/mol.